The minimum atomic E-state index is 0.372. The number of benzene rings is 1. The van der Waals surface area contributed by atoms with Gasteiger partial charge in [0.15, 0.2) is 5.96 Å². The lowest BCUT2D eigenvalue weighted by molar-refractivity contribution is 0.0203. The van der Waals surface area contributed by atoms with Gasteiger partial charge in [0.2, 0.25) is 0 Å². The van der Waals surface area contributed by atoms with Gasteiger partial charge in [0.1, 0.15) is 0 Å². The van der Waals surface area contributed by atoms with Crippen LogP contribution in [-0.4, -0.2) is 52.0 Å². The number of nitrogens with one attached hydrogen (secondary N) is 2. The Balaban J connectivity index is 1.33. The van der Waals surface area contributed by atoms with Crippen LogP contribution in [-0.2, 0) is 15.9 Å². The second-order valence-corrected chi connectivity index (χ2v) is 8.27. The summed E-state index contributed by atoms with van der Waals surface area (Å²) in [5.41, 5.74) is 1.80. The van der Waals surface area contributed by atoms with Crippen LogP contribution in [0.4, 0.5) is 0 Å². The van der Waals surface area contributed by atoms with E-state index < -0.39 is 0 Å². The second-order valence-electron chi connectivity index (χ2n) is 8.27. The van der Waals surface area contributed by atoms with E-state index in [2.05, 4.69) is 47.9 Å². The van der Waals surface area contributed by atoms with Crippen molar-refractivity contribution in [3.8, 4) is 0 Å². The molecule has 1 aromatic rings. The molecule has 28 heavy (non-hydrogen) atoms. The van der Waals surface area contributed by atoms with Crippen LogP contribution in [0.15, 0.2) is 35.3 Å². The minimum Gasteiger partial charge on any atom is -0.381 e. The quantitative estimate of drug-likeness (QED) is 0.347. The van der Waals surface area contributed by atoms with Gasteiger partial charge >= 0.3 is 0 Å². The molecule has 1 saturated heterocycles. The van der Waals surface area contributed by atoms with Crippen molar-refractivity contribution in [2.45, 2.75) is 45.4 Å². The molecule has 156 valence electrons. The average Bonchev–Trinajstić information content (AvgIpc) is 3.49. The molecule has 1 saturated carbocycles. The first-order chi connectivity index (χ1) is 13.8. The van der Waals surface area contributed by atoms with Gasteiger partial charge in [-0.25, -0.2) is 0 Å². The molecule has 2 aliphatic rings. The molecule has 1 heterocycles. The smallest absolute Gasteiger partial charge is 0.191 e. The second kappa shape index (κ2) is 11.4. The van der Waals surface area contributed by atoms with Crippen molar-refractivity contribution >= 4 is 5.96 Å². The summed E-state index contributed by atoms with van der Waals surface area (Å²) < 4.78 is 11.2. The third-order valence-electron chi connectivity index (χ3n) is 5.75. The third kappa shape index (κ3) is 7.44. The van der Waals surface area contributed by atoms with E-state index in [9.17, 15) is 0 Å². The Hall–Kier alpha value is -1.59. The largest absolute Gasteiger partial charge is 0.381 e. The predicted octanol–water partition coefficient (Wildman–Crippen LogP) is 3.40. The highest BCUT2D eigenvalue weighted by molar-refractivity contribution is 5.79. The highest BCUT2D eigenvalue weighted by atomic mass is 16.5. The first-order valence-corrected chi connectivity index (χ1v) is 11.0. The lowest BCUT2D eigenvalue weighted by Gasteiger charge is -2.21. The lowest BCUT2D eigenvalue weighted by Crippen LogP contribution is -2.38. The maximum atomic E-state index is 5.85. The van der Waals surface area contributed by atoms with E-state index in [1.54, 1.807) is 0 Å². The van der Waals surface area contributed by atoms with Crippen molar-refractivity contribution in [1.29, 1.82) is 0 Å². The molecule has 2 fully saturated rings. The van der Waals surface area contributed by atoms with Crippen LogP contribution in [0.25, 0.3) is 0 Å². The topological polar surface area (TPSA) is 54.9 Å². The summed E-state index contributed by atoms with van der Waals surface area (Å²) in [5, 5.41) is 6.84. The van der Waals surface area contributed by atoms with E-state index in [0.717, 1.165) is 77.7 Å². The highest BCUT2D eigenvalue weighted by Crippen LogP contribution is 2.48. The average molecular weight is 388 g/mol. The normalized spacial score (nSPS) is 19.4. The van der Waals surface area contributed by atoms with Gasteiger partial charge in [-0.3, -0.25) is 4.99 Å². The van der Waals surface area contributed by atoms with Gasteiger partial charge in [0.25, 0.3) is 0 Å². The number of aliphatic imine (C=N–C) groups is 1. The molecular formula is C23H37N3O2. The van der Waals surface area contributed by atoms with Crippen molar-refractivity contribution in [2.24, 2.45) is 16.3 Å². The number of hydrogen-bond donors (Lipinski definition) is 2. The SMILES string of the molecule is CCNC(=NCC1(Cc2ccccc2)CC1)NCCCOCC1CCOCC1. The fourth-order valence-electron chi connectivity index (χ4n) is 3.73. The Kier molecular flexibility index (Phi) is 8.62. The first-order valence-electron chi connectivity index (χ1n) is 11.0. The molecule has 5 heteroatoms. The molecule has 1 aliphatic heterocycles. The molecule has 0 radical (unpaired) electrons. The van der Waals surface area contributed by atoms with E-state index in [1.807, 2.05) is 0 Å². The number of ether oxygens (including phenoxy) is 2. The molecule has 0 amide bonds. The fraction of sp³-hybridized carbons (Fsp3) is 0.696. The zero-order chi connectivity index (χ0) is 19.5. The van der Waals surface area contributed by atoms with Crippen LogP contribution in [0.2, 0.25) is 0 Å². The molecule has 0 spiro atoms. The van der Waals surface area contributed by atoms with Gasteiger partial charge < -0.3 is 20.1 Å². The monoisotopic (exact) mass is 387 g/mol. The standard InChI is InChI=1S/C23H37N3O2/c1-2-24-22(25-13-6-14-28-18-21-9-15-27-16-10-21)26-19-23(11-12-23)17-20-7-4-3-5-8-20/h3-5,7-8,21H,2,6,9-19H2,1H3,(H2,24,25,26). The van der Waals surface area contributed by atoms with E-state index >= 15 is 0 Å². The van der Waals surface area contributed by atoms with Crippen molar-refractivity contribution in [1.82, 2.24) is 10.6 Å². The molecule has 2 N–H and O–H groups in total. The summed E-state index contributed by atoms with van der Waals surface area (Å²) in [6.07, 6.45) is 6.98. The zero-order valence-corrected chi connectivity index (χ0v) is 17.4. The fourth-order valence-corrected chi connectivity index (χ4v) is 3.73. The summed E-state index contributed by atoms with van der Waals surface area (Å²) in [7, 11) is 0. The Morgan fingerprint density at radius 1 is 1.18 bits per heavy atom. The third-order valence-corrected chi connectivity index (χ3v) is 5.75. The Morgan fingerprint density at radius 3 is 2.68 bits per heavy atom. The van der Waals surface area contributed by atoms with E-state index in [4.69, 9.17) is 14.5 Å². The minimum absolute atomic E-state index is 0.372. The molecule has 0 atom stereocenters. The van der Waals surface area contributed by atoms with Gasteiger partial charge in [-0.15, -0.1) is 0 Å². The number of nitrogens with zero attached hydrogens (tertiary/aromatic N) is 1. The van der Waals surface area contributed by atoms with Gasteiger partial charge in [-0.05, 0) is 62.3 Å². The molecule has 1 aromatic carbocycles. The summed E-state index contributed by atoms with van der Waals surface area (Å²) >= 11 is 0. The van der Waals surface area contributed by atoms with Crippen LogP contribution >= 0.6 is 0 Å². The van der Waals surface area contributed by atoms with Crippen molar-refractivity contribution in [3.63, 3.8) is 0 Å². The molecule has 0 bridgehead atoms. The van der Waals surface area contributed by atoms with E-state index in [1.165, 1.54) is 18.4 Å². The van der Waals surface area contributed by atoms with Crippen molar-refractivity contribution < 1.29 is 9.47 Å². The predicted molar refractivity (Wildman–Crippen MR) is 115 cm³/mol. The van der Waals surface area contributed by atoms with Crippen LogP contribution in [0.5, 0.6) is 0 Å². The first kappa shape index (κ1) is 21.1. The van der Waals surface area contributed by atoms with Crippen LogP contribution < -0.4 is 10.6 Å². The Labute approximate surface area is 170 Å². The lowest BCUT2D eigenvalue weighted by atomic mass is 9.97. The Bertz CT molecular complexity index is 581. The van der Waals surface area contributed by atoms with Crippen molar-refractivity contribution in [2.75, 3.05) is 46.1 Å². The van der Waals surface area contributed by atoms with Crippen molar-refractivity contribution in [3.05, 3.63) is 35.9 Å². The molecular weight excluding hydrogens is 350 g/mol. The Morgan fingerprint density at radius 2 is 1.96 bits per heavy atom. The van der Waals surface area contributed by atoms with E-state index in [-0.39, 0.29) is 0 Å². The number of hydrogen-bond acceptors (Lipinski definition) is 3. The summed E-state index contributed by atoms with van der Waals surface area (Å²) in [5.74, 6) is 1.62. The van der Waals surface area contributed by atoms with Gasteiger partial charge in [0.05, 0.1) is 0 Å². The summed E-state index contributed by atoms with van der Waals surface area (Å²) in [6.45, 7) is 8.26. The van der Waals surface area contributed by atoms with Crippen LogP contribution in [0.1, 0.15) is 44.6 Å². The van der Waals surface area contributed by atoms with Gasteiger partial charge in [0, 0.05) is 46.1 Å². The molecule has 5 nitrogen and oxygen atoms in total. The maximum absolute atomic E-state index is 5.85. The summed E-state index contributed by atoms with van der Waals surface area (Å²) in [4.78, 5) is 4.87. The van der Waals surface area contributed by atoms with Crippen LogP contribution in [0, 0.1) is 11.3 Å². The maximum Gasteiger partial charge on any atom is 0.191 e. The van der Waals surface area contributed by atoms with Gasteiger partial charge in [-0.2, -0.15) is 0 Å². The molecule has 0 unspecified atom stereocenters. The molecule has 3 rings (SSSR count). The molecule has 1 aliphatic carbocycles. The highest BCUT2D eigenvalue weighted by Gasteiger charge is 2.42. The van der Waals surface area contributed by atoms with Crippen LogP contribution in [0.3, 0.4) is 0 Å². The molecule has 0 aromatic heterocycles. The van der Waals surface area contributed by atoms with Gasteiger partial charge in [-0.1, -0.05) is 30.3 Å². The summed E-state index contributed by atoms with van der Waals surface area (Å²) in [6, 6.07) is 10.8. The zero-order valence-electron chi connectivity index (χ0n) is 17.4. The van der Waals surface area contributed by atoms with E-state index in [0.29, 0.717) is 11.3 Å². The number of guanidine groups is 1. The number of rotatable bonds is 11.